The molecule has 1 N–H and O–H groups in total. The maximum atomic E-state index is 13.0. The lowest BCUT2D eigenvalue weighted by atomic mass is 10.0. The highest BCUT2D eigenvalue weighted by Crippen LogP contribution is 2.23. The van der Waals surface area contributed by atoms with Gasteiger partial charge in [0.1, 0.15) is 6.33 Å². The van der Waals surface area contributed by atoms with Gasteiger partial charge in [-0.25, -0.2) is 0 Å². The van der Waals surface area contributed by atoms with Crippen molar-refractivity contribution < 1.29 is 4.79 Å². The van der Waals surface area contributed by atoms with Gasteiger partial charge in [-0.05, 0) is 23.8 Å². The fraction of sp³-hybridized carbons (Fsp3) is 0.250. The molecule has 0 spiro atoms. The molecule has 4 heterocycles. The van der Waals surface area contributed by atoms with Gasteiger partial charge in [-0.1, -0.05) is 6.07 Å². The summed E-state index contributed by atoms with van der Waals surface area (Å²) in [4.78, 5) is 19.0. The van der Waals surface area contributed by atoms with Crippen molar-refractivity contribution in [2.75, 3.05) is 19.6 Å². The molecule has 1 aliphatic rings. The third-order valence-corrected chi connectivity index (χ3v) is 4.11. The first-order chi connectivity index (χ1) is 11.3. The minimum absolute atomic E-state index is 0. The number of carbonyl (C=O) groups excluding carboxylic acids is 1. The van der Waals surface area contributed by atoms with Crippen molar-refractivity contribution in [1.82, 2.24) is 29.8 Å². The fourth-order valence-corrected chi connectivity index (χ4v) is 2.94. The third kappa shape index (κ3) is 3.73. The average molecular weight is 381 g/mol. The first-order valence-corrected chi connectivity index (χ1v) is 7.54. The number of carbonyl (C=O) groups is 1. The van der Waals surface area contributed by atoms with E-state index in [0.717, 1.165) is 24.3 Å². The summed E-state index contributed by atoms with van der Waals surface area (Å²) in [6.07, 6.45) is 6.94. The van der Waals surface area contributed by atoms with Gasteiger partial charge in [0.05, 0.1) is 11.6 Å². The Balaban J connectivity index is 0.00000113. The molecule has 132 valence electrons. The van der Waals surface area contributed by atoms with Gasteiger partial charge < -0.3 is 10.2 Å². The van der Waals surface area contributed by atoms with Crippen LogP contribution in [0.4, 0.5) is 0 Å². The summed E-state index contributed by atoms with van der Waals surface area (Å²) < 4.78 is 1.76. The fourth-order valence-electron chi connectivity index (χ4n) is 2.94. The number of hydrogen-bond acceptors (Lipinski definition) is 5. The lowest BCUT2D eigenvalue weighted by Crippen LogP contribution is -2.48. The van der Waals surface area contributed by atoms with Crippen molar-refractivity contribution in [3.05, 3.63) is 60.3 Å². The molecular formula is C16H18Cl2N6O. The number of piperazine rings is 1. The van der Waals surface area contributed by atoms with Crippen LogP contribution in [0.3, 0.4) is 0 Å². The van der Waals surface area contributed by atoms with Gasteiger partial charge in [-0.2, -0.15) is 0 Å². The van der Waals surface area contributed by atoms with Crippen molar-refractivity contribution in [2.24, 2.45) is 0 Å². The van der Waals surface area contributed by atoms with E-state index in [2.05, 4.69) is 20.5 Å². The van der Waals surface area contributed by atoms with E-state index in [0.29, 0.717) is 12.1 Å². The maximum absolute atomic E-state index is 13.0. The van der Waals surface area contributed by atoms with Gasteiger partial charge in [0.2, 0.25) is 0 Å². The third-order valence-electron chi connectivity index (χ3n) is 4.11. The normalized spacial score (nSPS) is 16.8. The standard InChI is InChI=1S/C16H16N6O.2ClH/c23-16(13-3-4-15-20-19-11-21(15)10-13)22-7-6-18-9-14(22)12-2-1-5-17-8-12;;/h1-5,8,10-11,14,18H,6-7,9H2;2*1H. The molecule has 3 aromatic rings. The second kappa shape index (κ2) is 8.24. The maximum Gasteiger partial charge on any atom is 0.255 e. The lowest BCUT2D eigenvalue weighted by molar-refractivity contribution is 0.0633. The van der Waals surface area contributed by atoms with Crippen LogP contribution >= 0.6 is 24.8 Å². The van der Waals surface area contributed by atoms with Gasteiger partial charge in [0, 0.05) is 38.2 Å². The minimum Gasteiger partial charge on any atom is -0.329 e. The largest absolute Gasteiger partial charge is 0.329 e. The summed E-state index contributed by atoms with van der Waals surface area (Å²) in [6.45, 7) is 2.18. The monoisotopic (exact) mass is 380 g/mol. The molecular weight excluding hydrogens is 363 g/mol. The average Bonchev–Trinajstić information content (AvgIpc) is 3.09. The van der Waals surface area contributed by atoms with Crippen LogP contribution in [0, 0.1) is 0 Å². The van der Waals surface area contributed by atoms with Gasteiger partial charge in [-0.15, -0.1) is 35.0 Å². The van der Waals surface area contributed by atoms with Crippen LogP contribution in [0.1, 0.15) is 22.0 Å². The van der Waals surface area contributed by atoms with Gasteiger partial charge in [0.15, 0.2) is 5.65 Å². The predicted octanol–water partition coefficient (Wildman–Crippen LogP) is 1.75. The van der Waals surface area contributed by atoms with Gasteiger partial charge in [0.25, 0.3) is 5.91 Å². The molecule has 1 aliphatic heterocycles. The first-order valence-electron chi connectivity index (χ1n) is 7.54. The van der Waals surface area contributed by atoms with Gasteiger partial charge in [-0.3, -0.25) is 14.2 Å². The smallest absolute Gasteiger partial charge is 0.255 e. The Morgan fingerprint density at radius 1 is 1.24 bits per heavy atom. The van der Waals surface area contributed by atoms with Crippen molar-refractivity contribution in [2.45, 2.75) is 6.04 Å². The Hall–Kier alpha value is -2.22. The summed E-state index contributed by atoms with van der Waals surface area (Å²) in [5.41, 5.74) is 2.40. The lowest BCUT2D eigenvalue weighted by Gasteiger charge is -2.36. The minimum atomic E-state index is -0.0124. The SMILES string of the molecule is Cl.Cl.O=C(c1ccc2nncn2c1)N1CCNCC1c1cccnc1. The van der Waals surface area contributed by atoms with E-state index in [1.165, 1.54) is 0 Å². The Morgan fingerprint density at radius 2 is 2.12 bits per heavy atom. The zero-order chi connectivity index (χ0) is 15.6. The van der Waals surface area contributed by atoms with Crippen LogP contribution < -0.4 is 5.32 Å². The molecule has 1 saturated heterocycles. The predicted molar refractivity (Wildman–Crippen MR) is 98.4 cm³/mol. The second-order valence-corrected chi connectivity index (χ2v) is 5.52. The molecule has 25 heavy (non-hydrogen) atoms. The van der Waals surface area contributed by atoms with E-state index < -0.39 is 0 Å². The summed E-state index contributed by atoms with van der Waals surface area (Å²) in [7, 11) is 0. The van der Waals surface area contributed by atoms with Crippen LogP contribution in [0.5, 0.6) is 0 Å². The van der Waals surface area contributed by atoms with E-state index in [1.807, 2.05) is 29.3 Å². The molecule has 7 nitrogen and oxygen atoms in total. The van der Waals surface area contributed by atoms with Crippen LogP contribution in [0.15, 0.2) is 49.2 Å². The molecule has 0 aromatic carbocycles. The summed E-state index contributed by atoms with van der Waals surface area (Å²) in [6, 6.07) is 7.50. The molecule has 0 radical (unpaired) electrons. The first kappa shape index (κ1) is 19.1. The molecule has 0 bridgehead atoms. The van der Waals surface area contributed by atoms with Crippen molar-refractivity contribution in [3.8, 4) is 0 Å². The Bertz CT molecular complexity index is 841. The number of nitrogens with zero attached hydrogens (tertiary/aromatic N) is 5. The van der Waals surface area contributed by atoms with E-state index in [-0.39, 0.29) is 36.8 Å². The summed E-state index contributed by atoms with van der Waals surface area (Å²) >= 11 is 0. The molecule has 0 aliphatic carbocycles. The molecule has 1 unspecified atom stereocenters. The summed E-state index contributed by atoms with van der Waals surface area (Å²) in [5, 5.41) is 11.2. The van der Waals surface area contributed by atoms with E-state index in [4.69, 9.17) is 0 Å². The van der Waals surface area contributed by atoms with E-state index in [9.17, 15) is 4.79 Å². The topological polar surface area (TPSA) is 75.4 Å². The van der Waals surface area contributed by atoms with Crippen LogP contribution in [-0.2, 0) is 0 Å². The Labute approximate surface area is 157 Å². The van der Waals surface area contributed by atoms with Crippen molar-refractivity contribution >= 4 is 36.4 Å². The molecule has 3 aromatic heterocycles. The highest BCUT2D eigenvalue weighted by atomic mass is 35.5. The van der Waals surface area contributed by atoms with Crippen LogP contribution in [0.2, 0.25) is 0 Å². The second-order valence-electron chi connectivity index (χ2n) is 5.52. The van der Waals surface area contributed by atoms with E-state index >= 15 is 0 Å². The molecule has 0 saturated carbocycles. The van der Waals surface area contributed by atoms with Crippen LogP contribution in [-0.4, -0.2) is 50.0 Å². The molecule has 9 heteroatoms. The number of amides is 1. The zero-order valence-electron chi connectivity index (χ0n) is 13.3. The Kier molecular flexibility index (Phi) is 6.30. The van der Waals surface area contributed by atoms with Gasteiger partial charge >= 0.3 is 0 Å². The Morgan fingerprint density at radius 3 is 2.92 bits per heavy atom. The molecule has 1 amide bonds. The summed E-state index contributed by atoms with van der Waals surface area (Å²) in [5.74, 6) is 0.0101. The number of halogens is 2. The van der Waals surface area contributed by atoms with Crippen molar-refractivity contribution in [1.29, 1.82) is 0 Å². The van der Waals surface area contributed by atoms with E-state index in [1.54, 1.807) is 29.2 Å². The molecule has 4 rings (SSSR count). The number of pyridine rings is 2. The zero-order valence-corrected chi connectivity index (χ0v) is 14.9. The highest BCUT2D eigenvalue weighted by molar-refractivity contribution is 5.94. The molecule has 1 atom stereocenters. The van der Waals surface area contributed by atoms with Crippen LogP contribution in [0.25, 0.3) is 5.65 Å². The number of hydrogen-bond donors (Lipinski definition) is 1. The number of fused-ring (bicyclic) bond motifs is 1. The van der Waals surface area contributed by atoms with Crippen molar-refractivity contribution in [3.63, 3.8) is 0 Å². The highest BCUT2D eigenvalue weighted by Gasteiger charge is 2.28. The quantitative estimate of drug-likeness (QED) is 0.732. The number of nitrogens with one attached hydrogen (secondary N) is 1. The molecule has 1 fully saturated rings. The number of rotatable bonds is 2. The number of aromatic nitrogens is 4.